The highest BCUT2D eigenvalue weighted by Gasteiger charge is 2.26. The molecule has 140 valence electrons. The standard InChI is InChI=1S/C20H28N4O2/c1-3-7-15(2)21-20(25)17-10-12-24(13-11-17)14-18-22-19(23-26-18)16-8-5-4-6-9-16/h4-6,8-9,15,17H,3,7,10-14H2,1-2H3,(H,21,25). The van der Waals surface area contributed by atoms with E-state index in [1.54, 1.807) is 0 Å². The van der Waals surface area contributed by atoms with Crippen LogP contribution in [-0.2, 0) is 11.3 Å². The number of rotatable bonds is 7. The van der Waals surface area contributed by atoms with Crippen LogP contribution in [0.1, 0.15) is 45.4 Å². The number of nitrogens with one attached hydrogen (secondary N) is 1. The molecular formula is C20H28N4O2. The van der Waals surface area contributed by atoms with Crippen molar-refractivity contribution in [2.75, 3.05) is 13.1 Å². The van der Waals surface area contributed by atoms with E-state index >= 15 is 0 Å². The maximum atomic E-state index is 12.3. The number of hydrogen-bond donors (Lipinski definition) is 1. The lowest BCUT2D eigenvalue weighted by molar-refractivity contribution is -0.127. The largest absolute Gasteiger partial charge is 0.353 e. The number of aromatic nitrogens is 2. The van der Waals surface area contributed by atoms with Crippen LogP contribution in [0.2, 0.25) is 0 Å². The van der Waals surface area contributed by atoms with E-state index in [-0.39, 0.29) is 17.9 Å². The number of carbonyl (C=O) groups is 1. The van der Waals surface area contributed by atoms with E-state index in [0.717, 1.165) is 44.3 Å². The van der Waals surface area contributed by atoms with Crippen molar-refractivity contribution in [2.24, 2.45) is 5.92 Å². The molecule has 1 unspecified atom stereocenters. The molecule has 6 nitrogen and oxygen atoms in total. The average molecular weight is 356 g/mol. The third kappa shape index (κ3) is 4.91. The Hall–Kier alpha value is -2.21. The van der Waals surface area contributed by atoms with Crippen LogP contribution in [0.25, 0.3) is 11.4 Å². The van der Waals surface area contributed by atoms with Crippen molar-refractivity contribution in [3.63, 3.8) is 0 Å². The zero-order chi connectivity index (χ0) is 18.4. The Morgan fingerprint density at radius 1 is 1.31 bits per heavy atom. The van der Waals surface area contributed by atoms with Crippen molar-refractivity contribution in [3.05, 3.63) is 36.2 Å². The van der Waals surface area contributed by atoms with Gasteiger partial charge >= 0.3 is 0 Å². The molecule has 1 aromatic carbocycles. The van der Waals surface area contributed by atoms with Crippen LogP contribution in [0.3, 0.4) is 0 Å². The van der Waals surface area contributed by atoms with E-state index in [0.29, 0.717) is 18.3 Å². The molecule has 1 atom stereocenters. The van der Waals surface area contributed by atoms with Gasteiger partial charge in [-0.3, -0.25) is 9.69 Å². The van der Waals surface area contributed by atoms with Crippen molar-refractivity contribution < 1.29 is 9.32 Å². The fraction of sp³-hybridized carbons (Fsp3) is 0.550. The lowest BCUT2D eigenvalue weighted by Gasteiger charge is -2.30. The summed E-state index contributed by atoms with van der Waals surface area (Å²) in [4.78, 5) is 19.1. The van der Waals surface area contributed by atoms with Gasteiger partial charge < -0.3 is 9.84 Å². The molecule has 0 saturated carbocycles. The summed E-state index contributed by atoms with van der Waals surface area (Å²) in [5, 5.41) is 7.21. The molecular weight excluding hydrogens is 328 g/mol. The van der Waals surface area contributed by atoms with Gasteiger partial charge in [-0.05, 0) is 39.3 Å². The van der Waals surface area contributed by atoms with E-state index in [2.05, 4.69) is 34.2 Å². The van der Waals surface area contributed by atoms with Crippen LogP contribution in [-0.4, -0.2) is 40.1 Å². The molecule has 1 amide bonds. The van der Waals surface area contributed by atoms with Crippen molar-refractivity contribution >= 4 is 5.91 Å². The summed E-state index contributed by atoms with van der Waals surface area (Å²) >= 11 is 0. The van der Waals surface area contributed by atoms with Crippen LogP contribution in [0.5, 0.6) is 0 Å². The first-order chi connectivity index (χ1) is 12.7. The monoisotopic (exact) mass is 356 g/mol. The fourth-order valence-electron chi connectivity index (χ4n) is 3.43. The molecule has 1 fully saturated rings. The molecule has 3 rings (SSSR count). The zero-order valence-corrected chi connectivity index (χ0v) is 15.6. The van der Waals surface area contributed by atoms with Crippen molar-refractivity contribution in [2.45, 2.75) is 52.1 Å². The van der Waals surface area contributed by atoms with Crippen molar-refractivity contribution in [3.8, 4) is 11.4 Å². The Balaban J connectivity index is 1.47. The molecule has 0 spiro atoms. The van der Waals surface area contributed by atoms with Gasteiger partial charge in [0.25, 0.3) is 0 Å². The summed E-state index contributed by atoms with van der Waals surface area (Å²) in [7, 11) is 0. The molecule has 26 heavy (non-hydrogen) atoms. The maximum Gasteiger partial charge on any atom is 0.241 e. The topological polar surface area (TPSA) is 71.3 Å². The lowest BCUT2D eigenvalue weighted by atomic mass is 9.95. The quantitative estimate of drug-likeness (QED) is 0.824. The van der Waals surface area contributed by atoms with Crippen LogP contribution in [0.15, 0.2) is 34.9 Å². The van der Waals surface area contributed by atoms with Gasteiger partial charge in [-0.25, -0.2) is 0 Å². The van der Waals surface area contributed by atoms with Crippen LogP contribution >= 0.6 is 0 Å². The highest BCUT2D eigenvalue weighted by molar-refractivity contribution is 5.79. The molecule has 1 aliphatic heterocycles. The molecule has 6 heteroatoms. The molecule has 2 heterocycles. The fourth-order valence-corrected chi connectivity index (χ4v) is 3.43. The Morgan fingerprint density at radius 3 is 2.73 bits per heavy atom. The molecule has 2 aromatic rings. The summed E-state index contributed by atoms with van der Waals surface area (Å²) in [5.41, 5.74) is 0.957. The molecule has 1 aromatic heterocycles. The smallest absolute Gasteiger partial charge is 0.241 e. The van der Waals surface area contributed by atoms with Crippen LogP contribution < -0.4 is 5.32 Å². The minimum atomic E-state index is 0.119. The van der Waals surface area contributed by atoms with Gasteiger partial charge in [-0.15, -0.1) is 0 Å². The Morgan fingerprint density at radius 2 is 2.04 bits per heavy atom. The molecule has 0 bridgehead atoms. The Labute approximate surface area is 155 Å². The van der Waals surface area contributed by atoms with Gasteiger partial charge in [0.15, 0.2) is 0 Å². The van der Waals surface area contributed by atoms with Gasteiger partial charge in [0, 0.05) is 17.5 Å². The van der Waals surface area contributed by atoms with E-state index in [1.165, 1.54) is 0 Å². The summed E-state index contributed by atoms with van der Waals surface area (Å²) in [6, 6.07) is 10.1. The van der Waals surface area contributed by atoms with E-state index < -0.39 is 0 Å². The average Bonchev–Trinajstić information content (AvgIpc) is 3.12. The van der Waals surface area contributed by atoms with Crippen molar-refractivity contribution in [1.82, 2.24) is 20.4 Å². The van der Waals surface area contributed by atoms with Crippen LogP contribution in [0, 0.1) is 5.92 Å². The zero-order valence-electron chi connectivity index (χ0n) is 15.6. The molecule has 0 radical (unpaired) electrons. The highest BCUT2D eigenvalue weighted by atomic mass is 16.5. The number of piperidine rings is 1. The van der Waals surface area contributed by atoms with Gasteiger partial charge in [0.1, 0.15) is 0 Å². The summed E-state index contributed by atoms with van der Waals surface area (Å²) < 4.78 is 5.39. The number of carbonyl (C=O) groups excluding carboxylic acids is 1. The second-order valence-electron chi connectivity index (χ2n) is 7.13. The number of likely N-dealkylation sites (tertiary alicyclic amines) is 1. The molecule has 1 N–H and O–H groups in total. The van der Waals surface area contributed by atoms with Gasteiger partial charge in [-0.2, -0.15) is 4.98 Å². The van der Waals surface area contributed by atoms with Crippen molar-refractivity contribution in [1.29, 1.82) is 0 Å². The lowest BCUT2D eigenvalue weighted by Crippen LogP contribution is -2.42. The minimum Gasteiger partial charge on any atom is -0.353 e. The SMILES string of the molecule is CCCC(C)NC(=O)C1CCN(Cc2nc(-c3ccccc3)no2)CC1. The van der Waals surface area contributed by atoms with Gasteiger partial charge in [-0.1, -0.05) is 48.8 Å². The second kappa shape index (κ2) is 8.94. The first-order valence-electron chi connectivity index (χ1n) is 9.56. The molecule has 1 saturated heterocycles. The van der Waals surface area contributed by atoms with E-state index in [9.17, 15) is 4.79 Å². The molecule has 0 aliphatic carbocycles. The maximum absolute atomic E-state index is 12.3. The third-order valence-corrected chi connectivity index (χ3v) is 4.93. The number of amides is 1. The number of nitrogens with zero attached hydrogens (tertiary/aromatic N) is 3. The summed E-state index contributed by atoms with van der Waals surface area (Å²) in [5.74, 6) is 1.57. The number of hydrogen-bond acceptors (Lipinski definition) is 5. The van der Waals surface area contributed by atoms with E-state index in [4.69, 9.17) is 4.52 Å². The van der Waals surface area contributed by atoms with E-state index in [1.807, 2.05) is 30.3 Å². The van der Waals surface area contributed by atoms with Gasteiger partial charge in [0.2, 0.25) is 17.6 Å². The first kappa shape index (κ1) is 18.6. The highest BCUT2D eigenvalue weighted by Crippen LogP contribution is 2.20. The predicted octanol–water partition coefficient (Wildman–Crippen LogP) is 3.25. The van der Waals surface area contributed by atoms with Gasteiger partial charge in [0.05, 0.1) is 6.54 Å². The Kier molecular flexibility index (Phi) is 6.39. The minimum absolute atomic E-state index is 0.119. The number of benzene rings is 1. The second-order valence-corrected chi connectivity index (χ2v) is 7.13. The predicted molar refractivity (Wildman–Crippen MR) is 100 cm³/mol. The third-order valence-electron chi connectivity index (χ3n) is 4.93. The molecule has 1 aliphatic rings. The van der Waals surface area contributed by atoms with Crippen LogP contribution in [0.4, 0.5) is 0 Å². The normalized spacial score (nSPS) is 17.2. The summed E-state index contributed by atoms with van der Waals surface area (Å²) in [6.45, 7) is 6.62. The Bertz CT molecular complexity index is 693. The first-order valence-corrected chi connectivity index (χ1v) is 9.56. The summed E-state index contributed by atoms with van der Waals surface area (Å²) in [6.07, 6.45) is 3.88.